The number of carboxylic acid groups (broad SMARTS) is 1. The Morgan fingerprint density at radius 2 is 1.80 bits per heavy atom. The van der Waals surface area contributed by atoms with Gasteiger partial charge in [0.1, 0.15) is 4.87 Å². The van der Waals surface area contributed by atoms with Crippen LogP contribution in [0.2, 0.25) is 0 Å². The van der Waals surface area contributed by atoms with Gasteiger partial charge in [0.15, 0.2) is 0 Å². The van der Waals surface area contributed by atoms with Crippen LogP contribution in [-0.4, -0.2) is 16.0 Å². The molecule has 1 rings (SSSR count). The van der Waals surface area contributed by atoms with Crippen LogP contribution >= 0.6 is 11.6 Å². The summed E-state index contributed by atoms with van der Waals surface area (Å²) in [4.78, 5) is 9.61. The maximum atomic E-state index is 10.5. The zero-order valence-electron chi connectivity index (χ0n) is 5.77. The number of rotatable bonds is 1. The fraction of sp³-hybridized carbons (Fsp3) is 0.857. The molecule has 0 radical (unpaired) electrons. The molecule has 2 nitrogen and oxygen atoms in total. The molecule has 10 heavy (non-hydrogen) atoms. The van der Waals surface area contributed by atoms with Crippen LogP contribution in [0.15, 0.2) is 0 Å². The largest absolute Gasteiger partial charge is 0.480 e. The monoisotopic (exact) mass is 162 g/mol. The van der Waals surface area contributed by atoms with Crippen LogP contribution in [0, 0.1) is 0 Å². The highest BCUT2D eigenvalue weighted by Crippen LogP contribution is 2.33. The summed E-state index contributed by atoms with van der Waals surface area (Å²) in [5.41, 5.74) is 0. The standard InChI is InChI=1S/C7H11ClO2/c8-7(6(9)10)4-2-1-3-5-7/h1-5H2,(H,9,10). The molecule has 1 aliphatic carbocycles. The minimum absolute atomic E-state index is 0.629. The second-order valence-electron chi connectivity index (χ2n) is 2.83. The van der Waals surface area contributed by atoms with Crippen molar-refractivity contribution in [3.05, 3.63) is 0 Å². The molecule has 0 spiro atoms. The van der Waals surface area contributed by atoms with Crippen molar-refractivity contribution < 1.29 is 9.90 Å². The number of alkyl halides is 1. The van der Waals surface area contributed by atoms with Crippen molar-refractivity contribution >= 4 is 17.6 Å². The van der Waals surface area contributed by atoms with Crippen LogP contribution in [0.3, 0.4) is 0 Å². The van der Waals surface area contributed by atoms with Gasteiger partial charge < -0.3 is 5.11 Å². The second-order valence-corrected chi connectivity index (χ2v) is 3.55. The maximum Gasteiger partial charge on any atom is 0.324 e. The van der Waals surface area contributed by atoms with Crippen LogP contribution in [0.4, 0.5) is 0 Å². The average molecular weight is 163 g/mol. The lowest BCUT2D eigenvalue weighted by Gasteiger charge is -2.26. The third-order valence-corrected chi connectivity index (χ3v) is 2.57. The highest BCUT2D eigenvalue weighted by Gasteiger charge is 2.36. The first-order valence-corrected chi connectivity index (χ1v) is 3.95. The maximum absolute atomic E-state index is 10.5. The van der Waals surface area contributed by atoms with Gasteiger partial charge in [-0.3, -0.25) is 4.79 Å². The number of carbonyl (C=O) groups is 1. The highest BCUT2D eigenvalue weighted by molar-refractivity contribution is 6.33. The number of halogens is 1. The number of hydrogen-bond donors (Lipinski definition) is 1. The molecule has 0 atom stereocenters. The summed E-state index contributed by atoms with van der Waals surface area (Å²) in [5, 5.41) is 8.67. The van der Waals surface area contributed by atoms with Gasteiger partial charge in [0, 0.05) is 0 Å². The molecule has 0 aromatic rings. The van der Waals surface area contributed by atoms with Crippen molar-refractivity contribution in [2.24, 2.45) is 0 Å². The molecular formula is C7H11ClO2. The van der Waals surface area contributed by atoms with E-state index in [0.29, 0.717) is 12.8 Å². The van der Waals surface area contributed by atoms with Gasteiger partial charge in [0.05, 0.1) is 0 Å². The smallest absolute Gasteiger partial charge is 0.324 e. The van der Waals surface area contributed by atoms with Gasteiger partial charge in [-0.25, -0.2) is 0 Å². The van der Waals surface area contributed by atoms with E-state index in [1.165, 1.54) is 0 Å². The minimum Gasteiger partial charge on any atom is -0.480 e. The summed E-state index contributed by atoms with van der Waals surface area (Å²) >= 11 is 5.81. The summed E-state index contributed by atoms with van der Waals surface area (Å²) in [6, 6.07) is 0. The Labute approximate surface area is 65.2 Å². The molecule has 0 heterocycles. The lowest BCUT2D eigenvalue weighted by Crippen LogP contribution is -2.34. The van der Waals surface area contributed by atoms with Crippen molar-refractivity contribution in [2.45, 2.75) is 37.0 Å². The van der Waals surface area contributed by atoms with Gasteiger partial charge in [0.2, 0.25) is 0 Å². The molecule has 1 aliphatic rings. The van der Waals surface area contributed by atoms with Gasteiger partial charge in [-0.05, 0) is 12.8 Å². The number of aliphatic carboxylic acids is 1. The predicted molar refractivity (Wildman–Crippen MR) is 39.3 cm³/mol. The average Bonchev–Trinajstić information content (AvgIpc) is 1.89. The molecule has 0 bridgehead atoms. The fourth-order valence-electron chi connectivity index (χ4n) is 1.33. The van der Waals surface area contributed by atoms with Crippen LogP contribution in [-0.2, 0) is 4.79 Å². The minimum atomic E-state index is -0.932. The SMILES string of the molecule is O=C(O)C1(Cl)CCCCC1. The third kappa shape index (κ3) is 1.43. The topological polar surface area (TPSA) is 37.3 Å². The number of carboxylic acids is 1. The predicted octanol–water partition coefficient (Wildman–Crippen LogP) is 2.01. The molecule has 1 saturated carbocycles. The van der Waals surface area contributed by atoms with Gasteiger partial charge >= 0.3 is 5.97 Å². The normalized spacial score (nSPS) is 24.1. The Bertz CT molecular complexity index is 139. The second kappa shape index (κ2) is 2.79. The Balaban J connectivity index is 2.56. The summed E-state index contributed by atoms with van der Waals surface area (Å²) in [6.45, 7) is 0. The van der Waals surface area contributed by atoms with E-state index in [9.17, 15) is 4.79 Å². The molecule has 0 aliphatic heterocycles. The molecule has 0 aromatic heterocycles. The molecule has 0 amide bonds. The van der Waals surface area contributed by atoms with Crippen LogP contribution < -0.4 is 0 Å². The van der Waals surface area contributed by atoms with Crippen molar-refractivity contribution in [3.8, 4) is 0 Å². The van der Waals surface area contributed by atoms with Crippen LogP contribution in [0.25, 0.3) is 0 Å². The van der Waals surface area contributed by atoms with E-state index in [1.807, 2.05) is 0 Å². The molecule has 58 valence electrons. The summed E-state index contributed by atoms with van der Waals surface area (Å²) < 4.78 is 0. The van der Waals surface area contributed by atoms with E-state index in [2.05, 4.69) is 0 Å². The molecule has 0 unspecified atom stereocenters. The first-order chi connectivity index (χ1) is 4.65. The van der Waals surface area contributed by atoms with E-state index >= 15 is 0 Å². The lowest BCUT2D eigenvalue weighted by atomic mass is 9.88. The summed E-state index contributed by atoms with van der Waals surface area (Å²) in [5.74, 6) is -0.853. The Morgan fingerprint density at radius 3 is 2.10 bits per heavy atom. The van der Waals surface area contributed by atoms with Gasteiger partial charge in [-0.15, -0.1) is 11.6 Å². The van der Waals surface area contributed by atoms with E-state index in [1.54, 1.807) is 0 Å². The third-order valence-electron chi connectivity index (χ3n) is 2.03. The van der Waals surface area contributed by atoms with Crippen molar-refractivity contribution in [1.82, 2.24) is 0 Å². The Kier molecular flexibility index (Phi) is 2.19. The summed E-state index contributed by atoms with van der Waals surface area (Å²) in [7, 11) is 0. The van der Waals surface area contributed by atoms with Gasteiger partial charge in [-0.2, -0.15) is 0 Å². The number of hydrogen-bond acceptors (Lipinski definition) is 1. The zero-order valence-corrected chi connectivity index (χ0v) is 6.52. The summed E-state index contributed by atoms with van der Waals surface area (Å²) in [6.07, 6.45) is 4.29. The molecule has 3 heteroatoms. The van der Waals surface area contributed by atoms with Crippen LogP contribution in [0.5, 0.6) is 0 Å². The zero-order chi connectivity index (χ0) is 7.61. The lowest BCUT2D eigenvalue weighted by molar-refractivity contribution is -0.141. The molecule has 0 saturated heterocycles. The van der Waals surface area contributed by atoms with Gasteiger partial charge in [0.25, 0.3) is 0 Å². The molecule has 0 aromatic carbocycles. The Hall–Kier alpha value is -0.240. The van der Waals surface area contributed by atoms with E-state index in [4.69, 9.17) is 16.7 Å². The highest BCUT2D eigenvalue weighted by atomic mass is 35.5. The van der Waals surface area contributed by atoms with Gasteiger partial charge in [-0.1, -0.05) is 19.3 Å². The van der Waals surface area contributed by atoms with Crippen molar-refractivity contribution in [1.29, 1.82) is 0 Å². The molecular weight excluding hydrogens is 152 g/mol. The Morgan fingerprint density at radius 1 is 1.30 bits per heavy atom. The van der Waals surface area contributed by atoms with Crippen LogP contribution in [0.1, 0.15) is 32.1 Å². The van der Waals surface area contributed by atoms with E-state index in [-0.39, 0.29) is 0 Å². The van der Waals surface area contributed by atoms with E-state index in [0.717, 1.165) is 19.3 Å². The van der Waals surface area contributed by atoms with Crippen molar-refractivity contribution in [3.63, 3.8) is 0 Å². The first kappa shape index (κ1) is 7.86. The fourth-order valence-corrected chi connectivity index (χ4v) is 1.59. The quantitative estimate of drug-likeness (QED) is 0.599. The molecule has 1 fully saturated rings. The first-order valence-electron chi connectivity index (χ1n) is 3.57. The van der Waals surface area contributed by atoms with Crippen molar-refractivity contribution in [2.75, 3.05) is 0 Å². The van der Waals surface area contributed by atoms with E-state index < -0.39 is 10.8 Å². The molecule has 1 N–H and O–H groups in total.